The highest BCUT2D eigenvalue weighted by Crippen LogP contribution is 2.20. The van der Waals surface area contributed by atoms with Gasteiger partial charge in [-0.25, -0.2) is 28.8 Å². The molecule has 0 heterocycles. The predicted molar refractivity (Wildman–Crippen MR) is 218 cm³/mol. The molecule has 0 fully saturated rings. The average molecular weight is 895 g/mol. The van der Waals surface area contributed by atoms with Crippen LogP contribution in [-0.2, 0) is 38.4 Å². The van der Waals surface area contributed by atoms with Gasteiger partial charge in [-0.3, -0.25) is 19.2 Å². The molecular formula is C37H54N10O16. The van der Waals surface area contributed by atoms with Crippen molar-refractivity contribution in [3.8, 4) is 0 Å². The number of urea groups is 2. The van der Waals surface area contributed by atoms with Gasteiger partial charge in [0.05, 0.1) is 0 Å². The molecule has 0 aliphatic rings. The fraction of sp³-hybridized carbons (Fsp3) is 0.568. The molecule has 0 bridgehead atoms. The van der Waals surface area contributed by atoms with Gasteiger partial charge in [-0.05, 0) is 81.9 Å². The molecule has 0 unspecified atom stereocenters. The Morgan fingerprint density at radius 3 is 1.21 bits per heavy atom. The fourth-order valence-corrected chi connectivity index (χ4v) is 5.67. The molecule has 4 atom stereocenters. The third kappa shape index (κ3) is 25.1. The molecule has 13 N–H and O–H groups in total. The summed E-state index contributed by atoms with van der Waals surface area (Å²) in [6, 6.07) is -2.06. The van der Waals surface area contributed by atoms with Crippen molar-refractivity contribution in [2.45, 2.75) is 120 Å². The summed E-state index contributed by atoms with van der Waals surface area (Å²) in [4.78, 5) is 120. The predicted octanol–water partition coefficient (Wildman–Crippen LogP) is 1.68. The Morgan fingerprint density at radius 1 is 0.508 bits per heavy atom. The first-order valence-electron chi connectivity index (χ1n) is 19.7. The number of amides is 6. The standard InChI is InChI=1S/C37H54N10O16/c38-47-46-23-9-7-21(8-10-23)41-22(11-15-28(48)39-19-3-1-5-24(32(54)55)42-36(62)44-26(34(58)59)13-17-30(50)51)12-16-29(49)40-20-4-2-6-25(33(56)57)43-37(63)45-27(35(60)61)14-18-31(52)53/h7-10,22,24-27,41H,1-6,11-20H2,(H,39,48)(H,40,49)(H,50,51)(H,52,53)(H,54,55)(H,56,57)(H,58,59)(H,60,61)(H2,42,44,62)(H2,43,45,63)/t24-,25-,26-,27-/m0/s1. The highest BCUT2D eigenvalue weighted by molar-refractivity contribution is 5.87. The molecule has 26 heteroatoms. The molecule has 0 radical (unpaired) electrons. The summed E-state index contributed by atoms with van der Waals surface area (Å²) in [5.74, 6) is -8.99. The van der Waals surface area contributed by atoms with Crippen LogP contribution in [0.1, 0.15) is 89.9 Å². The van der Waals surface area contributed by atoms with E-state index in [1.54, 1.807) is 24.3 Å². The number of azide groups is 1. The van der Waals surface area contributed by atoms with Crippen LogP contribution in [-0.4, -0.2) is 134 Å². The van der Waals surface area contributed by atoms with E-state index in [1.165, 1.54) is 0 Å². The summed E-state index contributed by atoms with van der Waals surface area (Å²) in [6.45, 7) is 0.316. The Labute approximate surface area is 359 Å². The zero-order valence-corrected chi connectivity index (χ0v) is 34.1. The van der Waals surface area contributed by atoms with Crippen LogP contribution >= 0.6 is 0 Å². The first-order chi connectivity index (χ1) is 29.8. The van der Waals surface area contributed by atoms with Crippen LogP contribution in [0.2, 0.25) is 0 Å². The second-order valence-corrected chi connectivity index (χ2v) is 14.0. The van der Waals surface area contributed by atoms with Crippen molar-refractivity contribution >= 4 is 71.1 Å². The van der Waals surface area contributed by atoms with E-state index in [1.807, 2.05) is 10.6 Å². The third-order valence-electron chi connectivity index (χ3n) is 9.03. The fourth-order valence-electron chi connectivity index (χ4n) is 5.67. The van der Waals surface area contributed by atoms with E-state index < -0.39 is 104 Å². The lowest BCUT2D eigenvalue weighted by molar-refractivity contribution is -0.142. The van der Waals surface area contributed by atoms with E-state index in [-0.39, 0.29) is 76.3 Å². The van der Waals surface area contributed by atoms with E-state index in [0.717, 1.165) is 0 Å². The van der Waals surface area contributed by atoms with Crippen molar-refractivity contribution in [1.82, 2.24) is 31.9 Å². The van der Waals surface area contributed by atoms with Crippen molar-refractivity contribution in [3.63, 3.8) is 0 Å². The second-order valence-electron chi connectivity index (χ2n) is 14.0. The Hall–Kier alpha value is -7.37. The second kappa shape index (κ2) is 29.8. The Bertz CT molecular complexity index is 1700. The summed E-state index contributed by atoms with van der Waals surface area (Å²) in [5.41, 5.74) is 9.65. The van der Waals surface area contributed by atoms with Crippen LogP contribution in [0.5, 0.6) is 0 Å². The van der Waals surface area contributed by atoms with Gasteiger partial charge in [0.1, 0.15) is 24.2 Å². The quantitative estimate of drug-likeness (QED) is 0.0207. The van der Waals surface area contributed by atoms with E-state index >= 15 is 0 Å². The summed E-state index contributed by atoms with van der Waals surface area (Å²) in [5, 5.41) is 75.5. The largest absolute Gasteiger partial charge is 0.481 e. The number of unbranched alkanes of at least 4 members (excludes halogenated alkanes) is 2. The van der Waals surface area contributed by atoms with Gasteiger partial charge in [0.2, 0.25) is 11.8 Å². The Kier molecular flexibility index (Phi) is 25.4. The van der Waals surface area contributed by atoms with Gasteiger partial charge in [-0.2, -0.15) is 0 Å². The van der Waals surface area contributed by atoms with Crippen LogP contribution < -0.4 is 37.2 Å². The van der Waals surface area contributed by atoms with Gasteiger partial charge in [0.15, 0.2) is 0 Å². The molecule has 1 rings (SSSR count). The van der Waals surface area contributed by atoms with E-state index in [2.05, 4.69) is 36.6 Å². The van der Waals surface area contributed by atoms with Crippen LogP contribution in [0.15, 0.2) is 29.4 Å². The lowest BCUT2D eigenvalue weighted by Crippen LogP contribution is -2.51. The highest BCUT2D eigenvalue weighted by Gasteiger charge is 2.26. The van der Waals surface area contributed by atoms with Gasteiger partial charge >= 0.3 is 47.9 Å². The first-order valence-corrected chi connectivity index (χ1v) is 19.7. The molecule has 63 heavy (non-hydrogen) atoms. The lowest BCUT2D eigenvalue weighted by Gasteiger charge is -2.20. The maximum absolute atomic E-state index is 12.7. The smallest absolute Gasteiger partial charge is 0.326 e. The number of nitrogens with zero attached hydrogens (tertiary/aromatic N) is 3. The highest BCUT2D eigenvalue weighted by atomic mass is 16.4. The van der Waals surface area contributed by atoms with Gasteiger partial charge in [0.25, 0.3) is 0 Å². The van der Waals surface area contributed by atoms with E-state index in [4.69, 9.17) is 15.7 Å². The molecule has 1 aromatic carbocycles. The maximum atomic E-state index is 12.7. The number of carbonyl (C=O) groups excluding carboxylic acids is 4. The first kappa shape index (κ1) is 53.6. The van der Waals surface area contributed by atoms with E-state index in [0.29, 0.717) is 24.2 Å². The molecule has 0 aliphatic heterocycles. The lowest BCUT2D eigenvalue weighted by atomic mass is 10.0. The molecule has 0 spiro atoms. The van der Waals surface area contributed by atoms with Gasteiger partial charge in [0, 0.05) is 61.1 Å². The van der Waals surface area contributed by atoms with Crippen molar-refractivity contribution in [3.05, 3.63) is 34.7 Å². The molecule has 1 aromatic rings. The number of hydrogen-bond donors (Lipinski definition) is 13. The number of carboxylic acid groups (broad SMARTS) is 6. The van der Waals surface area contributed by atoms with Gasteiger partial charge < -0.3 is 67.9 Å². The molecule has 26 nitrogen and oxygen atoms in total. The zero-order chi connectivity index (χ0) is 47.3. The monoisotopic (exact) mass is 894 g/mol. The topological polar surface area (TPSA) is 425 Å². The van der Waals surface area contributed by atoms with Crippen LogP contribution in [0.25, 0.3) is 10.4 Å². The molecule has 0 aromatic heterocycles. The normalized spacial score (nSPS) is 12.5. The van der Waals surface area contributed by atoms with Gasteiger partial charge in [-0.1, -0.05) is 17.2 Å². The maximum Gasteiger partial charge on any atom is 0.326 e. The number of nitrogens with one attached hydrogen (secondary N) is 7. The summed E-state index contributed by atoms with van der Waals surface area (Å²) >= 11 is 0. The summed E-state index contributed by atoms with van der Waals surface area (Å²) < 4.78 is 0. The number of carbonyl (C=O) groups is 10. The van der Waals surface area contributed by atoms with Crippen molar-refractivity contribution in [2.75, 3.05) is 18.4 Å². The van der Waals surface area contributed by atoms with Crippen LogP contribution in [0, 0.1) is 0 Å². The minimum atomic E-state index is -1.55. The minimum Gasteiger partial charge on any atom is -0.481 e. The number of hydrogen-bond acceptors (Lipinski definition) is 12. The Morgan fingerprint density at radius 2 is 0.873 bits per heavy atom. The number of rotatable bonds is 33. The van der Waals surface area contributed by atoms with Gasteiger partial charge in [-0.15, -0.1) is 0 Å². The van der Waals surface area contributed by atoms with Crippen molar-refractivity contribution in [1.29, 1.82) is 0 Å². The molecular weight excluding hydrogens is 840 g/mol. The number of benzene rings is 1. The number of anilines is 1. The average Bonchev–Trinajstić information content (AvgIpc) is 3.20. The third-order valence-corrected chi connectivity index (χ3v) is 9.03. The van der Waals surface area contributed by atoms with Crippen molar-refractivity contribution < 1.29 is 78.6 Å². The molecule has 348 valence electrons. The van der Waals surface area contributed by atoms with Crippen LogP contribution in [0.3, 0.4) is 0 Å². The SMILES string of the molecule is [N-]=[N+]=Nc1ccc(NC(CCC(=O)NCCCC[C@H](NC(=O)N[C@@H](CCC(=O)O)C(=O)O)C(=O)O)CCC(=O)NCCCC[C@H](NC(=O)N[C@@H](CCC(=O)O)C(=O)O)C(=O)O)cc1. The number of aliphatic carboxylic acids is 6. The minimum absolute atomic E-state index is 0.0261. The molecule has 0 aliphatic carbocycles. The summed E-state index contributed by atoms with van der Waals surface area (Å²) in [7, 11) is 0. The van der Waals surface area contributed by atoms with E-state index in [9.17, 15) is 68.4 Å². The Balaban J connectivity index is 2.63. The molecule has 6 amide bonds. The molecule has 0 saturated carbocycles. The number of carboxylic acids is 6. The molecule has 0 saturated heterocycles. The van der Waals surface area contributed by atoms with Crippen LogP contribution in [0.4, 0.5) is 21.0 Å². The van der Waals surface area contributed by atoms with Crippen molar-refractivity contribution in [2.24, 2.45) is 5.11 Å². The summed E-state index contributed by atoms with van der Waals surface area (Å²) in [6.07, 6.45) is -0.314. The zero-order valence-electron chi connectivity index (χ0n) is 34.1.